The van der Waals surface area contributed by atoms with E-state index in [9.17, 15) is 14.4 Å². The van der Waals surface area contributed by atoms with E-state index in [-0.39, 0.29) is 31.1 Å². The monoisotopic (exact) mass is 1120 g/mol. The molecule has 0 saturated heterocycles. The molecule has 0 aromatic heterocycles. The van der Waals surface area contributed by atoms with Crippen LogP contribution in [-0.4, -0.2) is 37.2 Å². The molecule has 0 aliphatic heterocycles. The van der Waals surface area contributed by atoms with Gasteiger partial charge >= 0.3 is 17.9 Å². The third-order valence-corrected chi connectivity index (χ3v) is 15.4. The van der Waals surface area contributed by atoms with Crippen molar-refractivity contribution in [3.8, 4) is 0 Å². The first-order valence-electron chi connectivity index (χ1n) is 34.9. The van der Waals surface area contributed by atoms with E-state index >= 15 is 0 Å². The first kappa shape index (κ1) is 76.9. The highest BCUT2D eigenvalue weighted by atomic mass is 16.6. The molecule has 0 aliphatic carbocycles. The Morgan fingerprint density at radius 3 is 0.775 bits per heavy atom. The van der Waals surface area contributed by atoms with Crippen LogP contribution in [0.4, 0.5) is 0 Å². The van der Waals surface area contributed by atoms with Gasteiger partial charge in [0.25, 0.3) is 0 Å². The van der Waals surface area contributed by atoms with Gasteiger partial charge in [0.1, 0.15) is 13.2 Å². The molecular formula is C74H132O6. The molecule has 1 atom stereocenters. The van der Waals surface area contributed by atoms with Crippen molar-refractivity contribution < 1.29 is 28.6 Å². The van der Waals surface area contributed by atoms with Gasteiger partial charge in [-0.25, -0.2) is 0 Å². The van der Waals surface area contributed by atoms with Crippen LogP contribution in [0.2, 0.25) is 0 Å². The molecule has 0 N–H and O–H groups in total. The molecule has 0 bridgehead atoms. The number of carbonyl (C=O) groups excluding carboxylic acids is 3. The molecule has 0 amide bonds. The molecule has 0 aromatic rings. The lowest BCUT2D eigenvalue weighted by Gasteiger charge is -2.18. The number of carbonyl (C=O) groups is 3. The van der Waals surface area contributed by atoms with Gasteiger partial charge < -0.3 is 14.2 Å². The van der Waals surface area contributed by atoms with Gasteiger partial charge in [0.15, 0.2) is 6.10 Å². The van der Waals surface area contributed by atoms with Crippen molar-refractivity contribution in [3.63, 3.8) is 0 Å². The van der Waals surface area contributed by atoms with E-state index in [4.69, 9.17) is 14.2 Å². The second kappa shape index (κ2) is 68.3. The molecule has 1 unspecified atom stereocenters. The summed E-state index contributed by atoms with van der Waals surface area (Å²) >= 11 is 0. The third kappa shape index (κ3) is 65.7. The molecule has 80 heavy (non-hydrogen) atoms. The Bertz CT molecular complexity index is 1470. The molecule has 0 spiro atoms. The van der Waals surface area contributed by atoms with E-state index in [1.165, 1.54) is 225 Å². The van der Waals surface area contributed by atoms with E-state index in [1.807, 2.05) is 0 Å². The second-order valence-electron chi connectivity index (χ2n) is 23.4. The van der Waals surface area contributed by atoms with Crippen molar-refractivity contribution in [1.82, 2.24) is 0 Å². The van der Waals surface area contributed by atoms with E-state index in [1.54, 1.807) is 0 Å². The van der Waals surface area contributed by atoms with Crippen molar-refractivity contribution in [1.29, 1.82) is 0 Å². The number of allylic oxidation sites excluding steroid dienone is 12. The minimum absolute atomic E-state index is 0.0750. The second-order valence-corrected chi connectivity index (χ2v) is 23.4. The van der Waals surface area contributed by atoms with Gasteiger partial charge in [0.2, 0.25) is 0 Å². The summed E-state index contributed by atoms with van der Waals surface area (Å²) < 4.78 is 17.0. The Balaban J connectivity index is 4.33. The Morgan fingerprint density at radius 2 is 0.487 bits per heavy atom. The van der Waals surface area contributed by atoms with Crippen molar-refractivity contribution in [2.75, 3.05) is 13.2 Å². The summed E-state index contributed by atoms with van der Waals surface area (Å²) in [7, 11) is 0. The summed E-state index contributed by atoms with van der Waals surface area (Å²) in [6.45, 7) is 6.56. The largest absolute Gasteiger partial charge is 0.462 e. The van der Waals surface area contributed by atoms with E-state index in [2.05, 4.69) is 93.7 Å². The zero-order valence-corrected chi connectivity index (χ0v) is 53.3. The van der Waals surface area contributed by atoms with Gasteiger partial charge in [-0.1, -0.05) is 325 Å². The maximum atomic E-state index is 13.0. The van der Waals surface area contributed by atoms with Crippen LogP contribution in [-0.2, 0) is 28.6 Å². The predicted molar refractivity (Wildman–Crippen MR) is 348 cm³/mol. The van der Waals surface area contributed by atoms with Gasteiger partial charge in [0.05, 0.1) is 0 Å². The molecule has 0 fully saturated rings. The van der Waals surface area contributed by atoms with Crippen molar-refractivity contribution >= 4 is 17.9 Å². The highest BCUT2D eigenvalue weighted by Gasteiger charge is 2.19. The van der Waals surface area contributed by atoms with Crippen LogP contribution in [0.5, 0.6) is 0 Å². The molecule has 0 radical (unpaired) electrons. The fourth-order valence-electron chi connectivity index (χ4n) is 10.2. The highest BCUT2D eigenvalue weighted by molar-refractivity contribution is 5.71. The van der Waals surface area contributed by atoms with Crippen molar-refractivity contribution in [2.45, 2.75) is 367 Å². The first-order chi connectivity index (χ1) is 39.5. The third-order valence-electron chi connectivity index (χ3n) is 15.4. The van der Waals surface area contributed by atoms with Crippen LogP contribution in [0.3, 0.4) is 0 Å². The normalized spacial score (nSPS) is 12.5. The maximum Gasteiger partial charge on any atom is 0.306 e. The van der Waals surface area contributed by atoms with Crippen molar-refractivity contribution in [2.24, 2.45) is 0 Å². The lowest BCUT2D eigenvalue weighted by atomic mass is 10.0. The predicted octanol–water partition coefficient (Wildman–Crippen LogP) is 24.1. The smallest absolute Gasteiger partial charge is 0.306 e. The van der Waals surface area contributed by atoms with Gasteiger partial charge in [-0.15, -0.1) is 0 Å². The zero-order valence-electron chi connectivity index (χ0n) is 53.3. The molecule has 6 nitrogen and oxygen atoms in total. The summed E-state index contributed by atoms with van der Waals surface area (Å²) in [5.74, 6) is -0.861. The van der Waals surface area contributed by atoms with E-state index in [0.29, 0.717) is 19.3 Å². The molecule has 0 saturated carbocycles. The lowest BCUT2D eigenvalue weighted by molar-refractivity contribution is -0.167. The SMILES string of the molecule is CC/C=C\C/C=C\C/C=C\C/C=C\CCCCCCCCCCCCCCC(=O)OCC(COC(=O)CCCCCCCCC/C=C\C/C=C\CCCCCC)OC(=O)CCCCCCCCCCCCCCCCCCCCC. The van der Waals surface area contributed by atoms with Crippen LogP contribution < -0.4 is 0 Å². The Morgan fingerprint density at radius 1 is 0.263 bits per heavy atom. The number of unbranched alkanes of at least 4 members (excludes halogenated alkanes) is 41. The Hall–Kier alpha value is -3.15. The van der Waals surface area contributed by atoms with Crippen LogP contribution in [0.15, 0.2) is 72.9 Å². The molecular weight excluding hydrogens is 985 g/mol. The average molecular weight is 1120 g/mol. The first-order valence-corrected chi connectivity index (χ1v) is 34.9. The van der Waals surface area contributed by atoms with Gasteiger partial charge in [0, 0.05) is 19.3 Å². The number of hydrogen-bond donors (Lipinski definition) is 0. The van der Waals surface area contributed by atoms with E-state index in [0.717, 1.165) is 96.3 Å². The van der Waals surface area contributed by atoms with Gasteiger partial charge in [-0.2, -0.15) is 0 Å². The Labute approximate surface area is 497 Å². The number of esters is 3. The summed E-state index contributed by atoms with van der Waals surface area (Å²) in [6, 6.07) is 0. The highest BCUT2D eigenvalue weighted by Crippen LogP contribution is 2.18. The molecule has 6 heteroatoms. The molecule has 0 rings (SSSR count). The topological polar surface area (TPSA) is 78.9 Å². The molecule has 0 heterocycles. The van der Waals surface area contributed by atoms with Crippen LogP contribution in [0.1, 0.15) is 361 Å². The standard InChI is InChI=1S/C74H132O6/c1-4-7-10-13-16-19-22-25-28-31-34-35-36-37-38-39-41-43-46-49-52-55-58-61-64-67-73(76)79-70-71(69-78-72(75)66-63-60-57-54-51-48-45-42-33-30-27-24-21-18-15-12-9-6-3)80-74(77)68-65-62-59-56-53-50-47-44-40-32-29-26-23-20-17-14-11-8-5-2/h7,10,16,19,21,24-25,28,30,33-35,71H,4-6,8-9,11-15,17-18,20,22-23,26-27,29,31-32,36-70H2,1-3H3/b10-7-,19-16-,24-21-,28-25-,33-30-,35-34-. The fraction of sp³-hybridized carbons (Fsp3) is 0.797. The minimum Gasteiger partial charge on any atom is -0.462 e. The number of ether oxygens (including phenoxy) is 3. The zero-order chi connectivity index (χ0) is 57.8. The molecule has 0 aliphatic rings. The summed E-state index contributed by atoms with van der Waals surface area (Å²) in [4.78, 5) is 38.5. The summed E-state index contributed by atoms with van der Waals surface area (Å²) in [5, 5.41) is 0. The fourth-order valence-corrected chi connectivity index (χ4v) is 10.2. The van der Waals surface area contributed by atoms with Crippen LogP contribution in [0, 0.1) is 0 Å². The Kier molecular flexibility index (Phi) is 65.7. The van der Waals surface area contributed by atoms with Crippen LogP contribution in [0.25, 0.3) is 0 Å². The van der Waals surface area contributed by atoms with Gasteiger partial charge in [-0.05, 0) is 89.9 Å². The molecule has 464 valence electrons. The minimum atomic E-state index is -0.779. The van der Waals surface area contributed by atoms with Crippen LogP contribution >= 0.6 is 0 Å². The maximum absolute atomic E-state index is 13.0. The number of hydrogen-bond acceptors (Lipinski definition) is 6. The average Bonchev–Trinajstić information content (AvgIpc) is 3.46. The molecule has 0 aromatic carbocycles. The quantitative estimate of drug-likeness (QED) is 0.0261. The van der Waals surface area contributed by atoms with E-state index < -0.39 is 6.10 Å². The van der Waals surface area contributed by atoms with Gasteiger partial charge in [-0.3, -0.25) is 14.4 Å². The summed E-state index contributed by atoms with van der Waals surface area (Å²) in [5.41, 5.74) is 0. The number of rotatable bonds is 64. The summed E-state index contributed by atoms with van der Waals surface area (Å²) in [6.07, 6.45) is 89.2. The lowest BCUT2D eigenvalue weighted by Crippen LogP contribution is -2.30. The van der Waals surface area contributed by atoms with Crippen molar-refractivity contribution in [3.05, 3.63) is 72.9 Å².